The van der Waals surface area contributed by atoms with Crippen molar-refractivity contribution in [3.8, 4) is 0 Å². The lowest BCUT2D eigenvalue weighted by molar-refractivity contribution is 0.0410. The maximum Gasteiger partial charge on any atom is 0.167 e. The maximum atomic E-state index is 5.47. The van der Waals surface area contributed by atoms with Crippen LogP contribution >= 0.6 is 23.5 Å². The van der Waals surface area contributed by atoms with Crippen molar-refractivity contribution in [3.63, 3.8) is 0 Å². The number of aromatic nitrogens is 3. The van der Waals surface area contributed by atoms with Gasteiger partial charge in [-0.3, -0.25) is 9.88 Å². The number of ether oxygens (including phenoxy) is 1. The van der Waals surface area contributed by atoms with Crippen molar-refractivity contribution in [2.45, 2.75) is 41.0 Å². The van der Waals surface area contributed by atoms with Gasteiger partial charge in [0, 0.05) is 36.5 Å². The SMILES string of the molecule is c1ccc2[nH]c(SC3CCCCc4c(SCCN5CCOCC5)ccnc43)nc2c1. The highest BCUT2D eigenvalue weighted by Gasteiger charge is 2.24. The molecule has 1 atom stereocenters. The van der Waals surface area contributed by atoms with Crippen molar-refractivity contribution in [2.24, 2.45) is 0 Å². The quantitative estimate of drug-likeness (QED) is 0.433. The zero-order valence-corrected chi connectivity index (χ0v) is 18.8. The highest BCUT2D eigenvalue weighted by Crippen LogP contribution is 2.43. The summed E-state index contributed by atoms with van der Waals surface area (Å²) in [6.45, 7) is 4.99. The van der Waals surface area contributed by atoms with Crippen LogP contribution in [0.15, 0.2) is 46.6 Å². The van der Waals surface area contributed by atoms with Crippen LogP contribution in [0.3, 0.4) is 0 Å². The third-order valence-electron chi connectivity index (χ3n) is 5.88. The fraction of sp³-hybridized carbons (Fsp3) is 0.478. The first-order valence-corrected chi connectivity index (χ1v) is 12.8. The molecular formula is C23H28N4OS2. The molecule has 0 radical (unpaired) electrons. The largest absolute Gasteiger partial charge is 0.379 e. The molecule has 3 heterocycles. The molecule has 2 aromatic heterocycles. The Kier molecular flexibility index (Phi) is 6.60. The summed E-state index contributed by atoms with van der Waals surface area (Å²) in [5.41, 5.74) is 4.88. The van der Waals surface area contributed by atoms with E-state index in [1.807, 2.05) is 35.8 Å². The van der Waals surface area contributed by atoms with Crippen LogP contribution in [0.1, 0.15) is 35.8 Å². The van der Waals surface area contributed by atoms with E-state index in [2.05, 4.69) is 34.1 Å². The number of hydrogen-bond acceptors (Lipinski definition) is 6. The third kappa shape index (κ3) is 4.69. The summed E-state index contributed by atoms with van der Waals surface area (Å²) in [4.78, 5) is 17.1. The van der Waals surface area contributed by atoms with Crippen LogP contribution in [0.2, 0.25) is 0 Å². The Hall–Kier alpha value is -1.54. The first kappa shape index (κ1) is 20.4. The smallest absolute Gasteiger partial charge is 0.167 e. The van der Waals surface area contributed by atoms with E-state index in [9.17, 15) is 0 Å². The van der Waals surface area contributed by atoms with Gasteiger partial charge < -0.3 is 9.72 Å². The molecule has 5 rings (SSSR count). The van der Waals surface area contributed by atoms with E-state index in [0.29, 0.717) is 5.25 Å². The van der Waals surface area contributed by atoms with E-state index in [1.54, 1.807) is 0 Å². The maximum absolute atomic E-state index is 5.47. The Bertz CT molecular complexity index is 953. The predicted octanol–water partition coefficient (Wildman–Crippen LogP) is 4.94. The number of nitrogens with one attached hydrogen (secondary N) is 1. The zero-order valence-electron chi connectivity index (χ0n) is 17.2. The number of rotatable bonds is 6. The fourth-order valence-corrected chi connectivity index (χ4v) is 6.56. The van der Waals surface area contributed by atoms with Crippen molar-refractivity contribution in [2.75, 3.05) is 38.6 Å². The van der Waals surface area contributed by atoms with Crippen molar-refractivity contribution in [3.05, 3.63) is 47.8 Å². The molecule has 158 valence electrons. The van der Waals surface area contributed by atoms with Crippen LogP contribution in [0.4, 0.5) is 0 Å². The molecule has 1 aliphatic carbocycles. The van der Waals surface area contributed by atoms with Crippen LogP contribution in [0, 0.1) is 0 Å². The number of para-hydroxylation sites is 2. The van der Waals surface area contributed by atoms with Gasteiger partial charge >= 0.3 is 0 Å². The number of pyridine rings is 1. The van der Waals surface area contributed by atoms with E-state index in [1.165, 1.54) is 29.0 Å². The van der Waals surface area contributed by atoms with Gasteiger partial charge in [0.15, 0.2) is 5.16 Å². The number of fused-ring (bicyclic) bond motifs is 2. The zero-order chi connectivity index (χ0) is 20.2. The van der Waals surface area contributed by atoms with Gasteiger partial charge in [0.1, 0.15) is 0 Å². The first-order chi connectivity index (χ1) is 14.9. The van der Waals surface area contributed by atoms with Crippen molar-refractivity contribution in [1.29, 1.82) is 0 Å². The molecular weight excluding hydrogens is 412 g/mol. The average Bonchev–Trinajstić information content (AvgIpc) is 3.08. The first-order valence-electron chi connectivity index (χ1n) is 10.9. The predicted molar refractivity (Wildman–Crippen MR) is 124 cm³/mol. The van der Waals surface area contributed by atoms with Gasteiger partial charge in [0.05, 0.1) is 35.2 Å². The van der Waals surface area contributed by atoms with E-state index >= 15 is 0 Å². The van der Waals surface area contributed by atoms with E-state index in [4.69, 9.17) is 14.7 Å². The standard InChI is InChI=1S/C23H28N4OS2/c1-4-8-21(30-23-25-18-6-2-3-7-19(18)26-23)22-17(5-1)20(9-10-24-22)29-16-13-27-11-14-28-15-12-27/h2-3,6-7,9-10,21H,1,4-5,8,11-16H2,(H,25,26). The van der Waals surface area contributed by atoms with Gasteiger partial charge in [-0.2, -0.15) is 0 Å². The molecule has 1 aliphatic heterocycles. The number of thioether (sulfide) groups is 2. The summed E-state index contributed by atoms with van der Waals surface area (Å²) in [6.07, 6.45) is 6.79. The summed E-state index contributed by atoms with van der Waals surface area (Å²) in [5, 5.41) is 1.36. The molecule has 5 nitrogen and oxygen atoms in total. The Labute approximate surface area is 186 Å². The fourth-order valence-electron chi connectivity index (χ4n) is 4.27. The topological polar surface area (TPSA) is 54.0 Å². The second kappa shape index (κ2) is 9.73. The Morgan fingerprint density at radius 2 is 2.03 bits per heavy atom. The molecule has 1 N–H and O–H groups in total. The molecule has 1 unspecified atom stereocenters. The summed E-state index contributed by atoms with van der Waals surface area (Å²) < 4.78 is 5.47. The molecule has 1 saturated heterocycles. The van der Waals surface area contributed by atoms with E-state index in [-0.39, 0.29) is 0 Å². The molecule has 7 heteroatoms. The van der Waals surface area contributed by atoms with E-state index < -0.39 is 0 Å². The Morgan fingerprint density at radius 3 is 2.93 bits per heavy atom. The normalized spacial score (nSPS) is 20.2. The number of H-pyrrole nitrogens is 1. The van der Waals surface area contributed by atoms with Crippen LogP contribution in [-0.2, 0) is 11.2 Å². The number of aromatic amines is 1. The molecule has 2 aliphatic rings. The van der Waals surface area contributed by atoms with Gasteiger partial charge in [0.2, 0.25) is 0 Å². The summed E-state index contributed by atoms with van der Waals surface area (Å²) >= 11 is 3.84. The van der Waals surface area contributed by atoms with Crippen molar-refractivity contribution < 1.29 is 4.74 Å². The highest BCUT2D eigenvalue weighted by molar-refractivity contribution is 7.99. The molecule has 0 saturated carbocycles. The third-order valence-corrected chi connectivity index (χ3v) is 8.12. The molecule has 30 heavy (non-hydrogen) atoms. The molecule has 3 aromatic rings. The van der Waals surface area contributed by atoms with Gasteiger partial charge in [-0.1, -0.05) is 30.3 Å². The number of nitrogens with zero attached hydrogens (tertiary/aromatic N) is 3. The minimum Gasteiger partial charge on any atom is -0.379 e. The second-order valence-electron chi connectivity index (χ2n) is 7.89. The second-order valence-corrected chi connectivity index (χ2v) is 10.2. The summed E-state index contributed by atoms with van der Waals surface area (Å²) in [6, 6.07) is 10.5. The summed E-state index contributed by atoms with van der Waals surface area (Å²) in [7, 11) is 0. The molecule has 1 aromatic carbocycles. The molecule has 1 fully saturated rings. The Balaban J connectivity index is 1.31. The lowest BCUT2D eigenvalue weighted by Gasteiger charge is -2.26. The average molecular weight is 441 g/mol. The van der Waals surface area contributed by atoms with Crippen LogP contribution < -0.4 is 0 Å². The molecule has 0 bridgehead atoms. The number of imidazole rings is 1. The number of benzene rings is 1. The van der Waals surface area contributed by atoms with Gasteiger partial charge in [-0.25, -0.2) is 4.98 Å². The lowest BCUT2D eigenvalue weighted by atomic mass is 10.1. The minimum absolute atomic E-state index is 0.364. The summed E-state index contributed by atoms with van der Waals surface area (Å²) in [5.74, 6) is 1.12. The van der Waals surface area contributed by atoms with E-state index in [0.717, 1.165) is 67.6 Å². The molecule has 0 spiro atoms. The van der Waals surface area contributed by atoms with Crippen LogP contribution in [-0.4, -0.2) is 58.5 Å². The number of hydrogen-bond donors (Lipinski definition) is 1. The highest BCUT2D eigenvalue weighted by atomic mass is 32.2. The van der Waals surface area contributed by atoms with Gasteiger partial charge in [-0.15, -0.1) is 11.8 Å². The van der Waals surface area contributed by atoms with Crippen LogP contribution in [0.25, 0.3) is 11.0 Å². The molecule has 0 amide bonds. The van der Waals surface area contributed by atoms with Crippen molar-refractivity contribution in [1.82, 2.24) is 19.9 Å². The number of morpholine rings is 1. The van der Waals surface area contributed by atoms with Gasteiger partial charge in [0.25, 0.3) is 0 Å². The lowest BCUT2D eigenvalue weighted by Crippen LogP contribution is -2.37. The Morgan fingerprint density at radius 1 is 1.13 bits per heavy atom. The van der Waals surface area contributed by atoms with Crippen LogP contribution in [0.5, 0.6) is 0 Å². The minimum atomic E-state index is 0.364. The monoisotopic (exact) mass is 440 g/mol. The van der Waals surface area contributed by atoms with Crippen molar-refractivity contribution >= 4 is 34.6 Å². The van der Waals surface area contributed by atoms with Gasteiger partial charge in [-0.05, 0) is 43.0 Å².